The van der Waals surface area contributed by atoms with Gasteiger partial charge in [0.05, 0.1) is 12.1 Å². The number of nitrogens with one attached hydrogen (secondary N) is 2. The summed E-state index contributed by atoms with van der Waals surface area (Å²) in [6.45, 7) is 1.23. The molecule has 20 heavy (non-hydrogen) atoms. The molecule has 1 aliphatic heterocycles. The Kier molecular flexibility index (Phi) is 5.06. The topological polar surface area (TPSA) is 151 Å². The van der Waals surface area contributed by atoms with Crippen LogP contribution < -0.4 is 16.4 Å². The molecule has 6 N–H and O–H groups in total. The minimum atomic E-state index is -1.68. The van der Waals surface area contributed by atoms with Crippen LogP contribution in [-0.4, -0.2) is 59.3 Å². The maximum atomic E-state index is 11.5. The van der Waals surface area contributed by atoms with Gasteiger partial charge in [-0.05, 0) is 6.08 Å². The summed E-state index contributed by atoms with van der Waals surface area (Å²) in [5.41, 5.74) is 5.75. The molecule has 0 unspecified atom stereocenters. The van der Waals surface area contributed by atoms with Crippen LogP contribution in [0.2, 0.25) is 0 Å². The number of nitrogens with two attached hydrogens (primary N) is 1. The van der Waals surface area contributed by atoms with Crippen LogP contribution in [0.25, 0.3) is 0 Å². The van der Waals surface area contributed by atoms with Gasteiger partial charge in [-0.3, -0.25) is 9.59 Å². The van der Waals surface area contributed by atoms with Crippen molar-refractivity contribution in [1.29, 1.82) is 0 Å². The Hall–Kier alpha value is -2.13. The van der Waals surface area contributed by atoms with Gasteiger partial charge >= 0.3 is 5.97 Å². The number of likely N-dealkylation sites (N-methyl/N-ethyl adjacent to an activating group) is 1. The van der Waals surface area contributed by atoms with Crippen molar-refractivity contribution in [1.82, 2.24) is 10.6 Å². The lowest BCUT2D eigenvalue weighted by atomic mass is 9.94. The first-order valence-corrected chi connectivity index (χ1v) is 5.82. The molecular weight excluding hydrogens is 270 g/mol. The second-order valence-corrected chi connectivity index (χ2v) is 4.28. The van der Waals surface area contributed by atoms with Gasteiger partial charge in [-0.15, -0.1) is 0 Å². The fraction of sp³-hybridized carbons (Fsp3) is 0.545. The molecule has 0 fully saturated rings. The summed E-state index contributed by atoms with van der Waals surface area (Å²) < 4.78 is 5.07. The smallest absolute Gasteiger partial charge is 0.370 e. The number of carbonyl (C=O) groups excluding carboxylic acids is 2. The molecule has 9 nitrogen and oxygen atoms in total. The van der Waals surface area contributed by atoms with E-state index in [4.69, 9.17) is 15.6 Å². The average Bonchev–Trinajstić information content (AvgIpc) is 2.38. The van der Waals surface area contributed by atoms with E-state index in [1.165, 1.54) is 14.0 Å². The van der Waals surface area contributed by atoms with E-state index in [0.717, 1.165) is 6.08 Å². The van der Waals surface area contributed by atoms with Crippen LogP contribution >= 0.6 is 0 Å². The first-order valence-electron chi connectivity index (χ1n) is 5.82. The predicted molar refractivity (Wildman–Crippen MR) is 66.2 cm³/mol. The SMILES string of the molecule is CNC(=O)[C@@H](O)[C@@H]1OC(C(=O)O)=C[C@H](N)[C@H]1NC(C)=O. The number of aliphatic hydroxyl groups excluding tert-OH is 1. The first kappa shape index (κ1) is 15.9. The fourth-order valence-corrected chi connectivity index (χ4v) is 1.85. The molecular formula is C11H17N3O6. The highest BCUT2D eigenvalue weighted by atomic mass is 16.5. The number of aliphatic carboxylic acids is 1. The zero-order chi connectivity index (χ0) is 15.4. The third-order valence-corrected chi connectivity index (χ3v) is 2.78. The van der Waals surface area contributed by atoms with E-state index in [-0.39, 0.29) is 0 Å². The molecule has 4 atom stereocenters. The Morgan fingerprint density at radius 1 is 1.45 bits per heavy atom. The molecule has 9 heteroatoms. The van der Waals surface area contributed by atoms with E-state index in [2.05, 4.69) is 10.6 Å². The minimum absolute atomic E-state index is 0.449. The van der Waals surface area contributed by atoms with Gasteiger partial charge in [0.15, 0.2) is 12.2 Å². The van der Waals surface area contributed by atoms with Gasteiger partial charge in [0.25, 0.3) is 5.91 Å². The van der Waals surface area contributed by atoms with Gasteiger partial charge in [0.1, 0.15) is 0 Å². The molecule has 0 bridgehead atoms. The van der Waals surface area contributed by atoms with Crippen molar-refractivity contribution in [2.75, 3.05) is 7.05 Å². The molecule has 1 rings (SSSR count). The van der Waals surface area contributed by atoms with Crippen molar-refractivity contribution < 1.29 is 29.3 Å². The van der Waals surface area contributed by atoms with Crippen molar-refractivity contribution in [3.8, 4) is 0 Å². The summed E-state index contributed by atoms with van der Waals surface area (Å²) in [5, 5.41) is 23.4. The number of hydrogen-bond donors (Lipinski definition) is 5. The van der Waals surface area contributed by atoms with Crippen LogP contribution in [0.4, 0.5) is 0 Å². The van der Waals surface area contributed by atoms with E-state index in [0.29, 0.717) is 0 Å². The minimum Gasteiger partial charge on any atom is -0.478 e. The van der Waals surface area contributed by atoms with Crippen molar-refractivity contribution in [2.45, 2.75) is 31.2 Å². The number of carbonyl (C=O) groups is 3. The number of amides is 2. The lowest BCUT2D eigenvalue weighted by molar-refractivity contribution is -0.148. The summed E-state index contributed by atoms with van der Waals surface area (Å²) in [6, 6.07) is -1.84. The highest BCUT2D eigenvalue weighted by Crippen LogP contribution is 2.20. The van der Waals surface area contributed by atoms with Crippen LogP contribution in [0.5, 0.6) is 0 Å². The molecule has 0 saturated carbocycles. The second kappa shape index (κ2) is 6.35. The Balaban J connectivity index is 3.07. The number of aliphatic hydroxyl groups is 1. The van der Waals surface area contributed by atoms with Crippen LogP contribution in [-0.2, 0) is 19.1 Å². The monoisotopic (exact) mass is 287 g/mol. The molecule has 0 saturated heterocycles. The summed E-state index contributed by atoms with van der Waals surface area (Å²) >= 11 is 0. The molecule has 0 aromatic heterocycles. The van der Waals surface area contributed by atoms with Gasteiger partial charge in [0.2, 0.25) is 11.7 Å². The lowest BCUT2D eigenvalue weighted by Crippen LogP contribution is -2.62. The van der Waals surface area contributed by atoms with Gasteiger partial charge in [-0.25, -0.2) is 4.79 Å². The van der Waals surface area contributed by atoms with Crippen molar-refractivity contribution in [3.63, 3.8) is 0 Å². The normalized spacial score (nSPS) is 26.8. The van der Waals surface area contributed by atoms with E-state index in [1.54, 1.807) is 0 Å². The van der Waals surface area contributed by atoms with Crippen LogP contribution in [0.3, 0.4) is 0 Å². The van der Waals surface area contributed by atoms with Gasteiger partial charge in [0, 0.05) is 14.0 Å². The third kappa shape index (κ3) is 3.45. The number of ether oxygens (including phenoxy) is 1. The molecule has 0 spiro atoms. The maximum absolute atomic E-state index is 11.5. The van der Waals surface area contributed by atoms with E-state index >= 15 is 0 Å². The molecule has 1 heterocycles. The summed E-state index contributed by atoms with van der Waals surface area (Å²) in [4.78, 5) is 33.5. The number of hydrogen-bond acceptors (Lipinski definition) is 6. The van der Waals surface area contributed by atoms with Crippen molar-refractivity contribution in [2.24, 2.45) is 5.73 Å². The first-order chi connectivity index (χ1) is 9.27. The fourth-order valence-electron chi connectivity index (χ4n) is 1.85. The van der Waals surface area contributed by atoms with Gasteiger partial charge in [-0.2, -0.15) is 0 Å². The summed E-state index contributed by atoms with van der Waals surface area (Å²) in [6.07, 6.45) is -1.87. The van der Waals surface area contributed by atoms with E-state index < -0.39 is 47.8 Å². The summed E-state index contributed by atoms with van der Waals surface area (Å²) in [5.74, 6) is -3.08. The Morgan fingerprint density at radius 3 is 2.50 bits per heavy atom. The Labute approximate surface area is 114 Å². The molecule has 0 aliphatic carbocycles. The predicted octanol–water partition coefficient (Wildman–Crippen LogP) is -2.71. The Bertz CT molecular complexity index is 449. The molecule has 0 aromatic carbocycles. The van der Waals surface area contributed by atoms with Gasteiger partial charge in [-0.1, -0.05) is 0 Å². The average molecular weight is 287 g/mol. The number of rotatable bonds is 4. The maximum Gasteiger partial charge on any atom is 0.370 e. The largest absolute Gasteiger partial charge is 0.478 e. The lowest BCUT2D eigenvalue weighted by Gasteiger charge is -2.36. The number of carboxylic acids is 1. The molecule has 1 aliphatic rings. The summed E-state index contributed by atoms with van der Waals surface area (Å²) in [7, 11) is 1.30. The van der Waals surface area contributed by atoms with E-state index in [9.17, 15) is 19.5 Å². The van der Waals surface area contributed by atoms with Crippen molar-refractivity contribution >= 4 is 17.8 Å². The molecule has 0 aromatic rings. The number of carboxylic acid groups (broad SMARTS) is 1. The molecule has 112 valence electrons. The Morgan fingerprint density at radius 2 is 2.05 bits per heavy atom. The van der Waals surface area contributed by atoms with Crippen LogP contribution in [0.15, 0.2) is 11.8 Å². The molecule has 2 amide bonds. The zero-order valence-electron chi connectivity index (χ0n) is 11.0. The second-order valence-electron chi connectivity index (χ2n) is 4.28. The zero-order valence-corrected chi connectivity index (χ0v) is 11.0. The van der Waals surface area contributed by atoms with Crippen LogP contribution in [0.1, 0.15) is 6.92 Å². The van der Waals surface area contributed by atoms with Crippen molar-refractivity contribution in [3.05, 3.63) is 11.8 Å². The highest BCUT2D eigenvalue weighted by Gasteiger charge is 2.42. The van der Waals surface area contributed by atoms with Gasteiger partial charge < -0.3 is 31.3 Å². The third-order valence-electron chi connectivity index (χ3n) is 2.78. The van der Waals surface area contributed by atoms with E-state index in [1.807, 2.05) is 0 Å². The highest BCUT2D eigenvalue weighted by molar-refractivity contribution is 5.85. The standard InChI is InChI=1S/C11H17N3O6/c1-4(15)14-7-5(12)3-6(11(18)19)20-9(7)8(16)10(17)13-2/h3,5,7-9,16H,12H2,1-2H3,(H,13,17)(H,14,15)(H,18,19)/t5-,7+,8-,9+/m0/s1. The molecule has 0 radical (unpaired) electrons. The quantitative estimate of drug-likeness (QED) is 0.377. The van der Waals surface area contributed by atoms with Crippen LogP contribution in [0, 0.1) is 0 Å².